The lowest BCUT2D eigenvalue weighted by atomic mass is 9.92. The van der Waals surface area contributed by atoms with E-state index in [0.717, 1.165) is 51.9 Å². The van der Waals surface area contributed by atoms with Crippen LogP contribution in [0, 0.1) is 0 Å². The van der Waals surface area contributed by atoms with Crippen LogP contribution in [0.1, 0.15) is 61.8 Å². The first-order chi connectivity index (χ1) is 13.2. The van der Waals surface area contributed by atoms with E-state index in [-0.39, 0.29) is 12.1 Å². The number of hydrogen-bond acceptors (Lipinski definition) is 5. The first-order valence-electron chi connectivity index (χ1n) is 9.81. The molecule has 0 aromatic carbocycles. The van der Waals surface area contributed by atoms with Crippen LogP contribution in [-0.4, -0.2) is 55.6 Å². The van der Waals surface area contributed by atoms with Gasteiger partial charge in [0, 0.05) is 32.4 Å². The molecular formula is C18H27N7O2. The van der Waals surface area contributed by atoms with Crippen molar-refractivity contribution in [2.24, 2.45) is 0 Å². The number of piperidine rings is 1. The normalized spacial score (nSPS) is 20.9. The van der Waals surface area contributed by atoms with Crippen molar-refractivity contribution in [2.45, 2.75) is 57.7 Å². The molecule has 27 heavy (non-hydrogen) atoms. The molecule has 0 aliphatic carbocycles. The Morgan fingerprint density at radius 3 is 2.93 bits per heavy atom. The summed E-state index contributed by atoms with van der Waals surface area (Å²) < 4.78 is 7.54. The van der Waals surface area contributed by atoms with Crippen molar-refractivity contribution in [2.75, 3.05) is 19.7 Å². The van der Waals surface area contributed by atoms with Gasteiger partial charge in [0.1, 0.15) is 11.9 Å². The number of carbonyl (C=O) groups excluding carboxylic acids is 1. The largest absolute Gasteiger partial charge is 0.370 e. The third-order valence-corrected chi connectivity index (χ3v) is 5.40. The fourth-order valence-electron chi connectivity index (χ4n) is 3.76. The van der Waals surface area contributed by atoms with E-state index in [0.29, 0.717) is 24.1 Å². The van der Waals surface area contributed by atoms with Crippen LogP contribution >= 0.6 is 0 Å². The number of urea groups is 1. The van der Waals surface area contributed by atoms with Gasteiger partial charge in [0.2, 0.25) is 0 Å². The predicted molar refractivity (Wildman–Crippen MR) is 98.0 cm³/mol. The maximum atomic E-state index is 12.4. The lowest BCUT2D eigenvalue weighted by Crippen LogP contribution is -2.43. The number of ether oxygens (including phenoxy) is 1. The summed E-state index contributed by atoms with van der Waals surface area (Å²) in [6.07, 6.45) is 8.00. The van der Waals surface area contributed by atoms with E-state index in [1.54, 1.807) is 0 Å². The van der Waals surface area contributed by atoms with E-state index in [1.165, 1.54) is 5.56 Å². The number of nitrogens with one attached hydrogen (secondary N) is 2. The summed E-state index contributed by atoms with van der Waals surface area (Å²) in [7, 11) is 0. The fourth-order valence-corrected chi connectivity index (χ4v) is 3.76. The number of rotatable bonds is 5. The number of aryl methyl sites for hydroxylation is 1. The van der Waals surface area contributed by atoms with Crippen LogP contribution in [0.15, 0.2) is 12.4 Å². The van der Waals surface area contributed by atoms with E-state index in [9.17, 15) is 4.79 Å². The second-order valence-corrected chi connectivity index (χ2v) is 7.19. The lowest BCUT2D eigenvalue weighted by Gasteiger charge is -2.31. The lowest BCUT2D eigenvalue weighted by molar-refractivity contribution is 0.105. The molecule has 2 saturated heterocycles. The number of carbonyl (C=O) groups is 1. The molecule has 0 bridgehead atoms. The smallest absolute Gasteiger partial charge is 0.317 e. The molecule has 1 atom stereocenters. The molecule has 0 spiro atoms. The van der Waals surface area contributed by atoms with E-state index in [1.807, 2.05) is 15.8 Å². The van der Waals surface area contributed by atoms with E-state index in [4.69, 9.17) is 4.74 Å². The maximum absolute atomic E-state index is 12.4. The van der Waals surface area contributed by atoms with Gasteiger partial charge in [-0.2, -0.15) is 10.2 Å². The average Bonchev–Trinajstić information content (AvgIpc) is 3.47. The van der Waals surface area contributed by atoms with Crippen molar-refractivity contribution in [1.29, 1.82) is 0 Å². The number of amides is 2. The first kappa shape index (κ1) is 18.0. The van der Waals surface area contributed by atoms with Crippen molar-refractivity contribution >= 4 is 6.03 Å². The average molecular weight is 373 g/mol. The van der Waals surface area contributed by atoms with Crippen LogP contribution in [0.4, 0.5) is 4.79 Å². The van der Waals surface area contributed by atoms with Gasteiger partial charge in [-0.05, 0) is 44.1 Å². The molecule has 2 amide bonds. The quantitative estimate of drug-likeness (QED) is 0.834. The van der Waals surface area contributed by atoms with Gasteiger partial charge in [-0.3, -0.25) is 9.78 Å². The number of likely N-dealkylation sites (tertiary alicyclic amines) is 1. The highest BCUT2D eigenvalue weighted by atomic mass is 16.5. The standard InChI is InChI=1S/C18H27N7O2/c1-2-25-12-14(10-20-25)13-5-7-24(8-6-13)18(26)19-11-16-21-17(23-22-16)15-4-3-9-27-15/h10,12-13,15H,2-9,11H2,1H3,(H,19,26)(H,21,22,23)/t15-/m0/s1. The number of H-pyrrole nitrogens is 1. The van der Waals surface area contributed by atoms with Gasteiger partial charge < -0.3 is 15.0 Å². The molecule has 2 fully saturated rings. The van der Waals surface area contributed by atoms with Gasteiger partial charge in [0.25, 0.3) is 0 Å². The Morgan fingerprint density at radius 1 is 1.37 bits per heavy atom. The SMILES string of the molecule is CCn1cc(C2CCN(C(=O)NCc3nc([C@@H]4CCCO4)n[nH]3)CC2)cn1. The molecule has 2 N–H and O–H groups in total. The highest BCUT2D eigenvalue weighted by Gasteiger charge is 2.25. The molecule has 2 aromatic rings. The highest BCUT2D eigenvalue weighted by molar-refractivity contribution is 5.74. The Kier molecular flexibility index (Phi) is 5.38. The molecule has 9 heteroatoms. The van der Waals surface area contributed by atoms with Gasteiger partial charge >= 0.3 is 6.03 Å². The monoisotopic (exact) mass is 373 g/mol. The van der Waals surface area contributed by atoms with Crippen LogP contribution in [0.25, 0.3) is 0 Å². The van der Waals surface area contributed by atoms with Crippen molar-refractivity contribution < 1.29 is 9.53 Å². The third-order valence-electron chi connectivity index (χ3n) is 5.40. The third kappa shape index (κ3) is 4.13. The van der Waals surface area contributed by atoms with Crippen LogP contribution in [0.2, 0.25) is 0 Å². The molecule has 2 aromatic heterocycles. The molecule has 9 nitrogen and oxygen atoms in total. The topological polar surface area (TPSA) is 101 Å². The summed E-state index contributed by atoms with van der Waals surface area (Å²) in [5.74, 6) is 1.83. The molecule has 2 aliphatic rings. The summed E-state index contributed by atoms with van der Waals surface area (Å²) >= 11 is 0. The van der Waals surface area contributed by atoms with Crippen LogP contribution in [-0.2, 0) is 17.8 Å². The minimum absolute atomic E-state index is 0.0122. The van der Waals surface area contributed by atoms with E-state index < -0.39 is 0 Å². The number of aromatic nitrogens is 5. The van der Waals surface area contributed by atoms with Crippen LogP contribution < -0.4 is 5.32 Å². The highest BCUT2D eigenvalue weighted by Crippen LogP contribution is 2.28. The zero-order chi connectivity index (χ0) is 18.6. The van der Waals surface area contributed by atoms with Gasteiger partial charge in [-0.1, -0.05) is 0 Å². The fraction of sp³-hybridized carbons (Fsp3) is 0.667. The summed E-state index contributed by atoms with van der Waals surface area (Å²) in [5, 5.41) is 14.4. The van der Waals surface area contributed by atoms with Gasteiger partial charge in [0.15, 0.2) is 5.82 Å². The Hall–Kier alpha value is -2.42. The zero-order valence-electron chi connectivity index (χ0n) is 15.7. The molecule has 4 rings (SSSR count). The molecule has 0 radical (unpaired) electrons. The van der Waals surface area contributed by atoms with Crippen molar-refractivity contribution in [3.05, 3.63) is 29.6 Å². The summed E-state index contributed by atoms with van der Waals surface area (Å²) in [5.41, 5.74) is 1.28. The van der Waals surface area contributed by atoms with Crippen LogP contribution in [0.5, 0.6) is 0 Å². The first-order valence-corrected chi connectivity index (χ1v) is 9.81. The van der Waals surface area contributed by atoms with Gasteiger partial charge in [-0.25, -0.2) is 9.78 Å². The van der Waals surface area contributed by atoms with Crippen molar-refractivity contribution in [3.63, 3.8) is 0 Å². The molecule has 4 heterocycles. The molecule has 146 valence electrons. The summed E-state index contributed by atoms with van der Waals surface area (Å²) in [6.45, 7) is 5.60. The number of hydrogen-bond donors (Lipinski definition) is 2. The van der Waals surface area contributed by atoms with E-state index >= 15 is 0 Å². The van der Waals surface area contributed by atoms with Gasteiger partial charge in [0.05, 0.1) is 12.7 Å². The predicted octanol–water partition coefficient (Wildman–Crippen LogP) is 1.96. The Balaban J connectivity index is 1.23. The van der Waals surface area contributed by atoms with Crippen LogP contribution in [0.3, 0.4) is 0 Å². The maximum Gasteiger partial charge on any atom is 0.317 e. The minimum Gasteiger partial charge on any atom is -0.370 e. The Labute approximate surface area is 158 Å². The molecular weight excluding hydrogens is 346 g/mol. The second-order valence-electron chi connectivity index (χ2n) is 7.19. The molecule has 0 unspecified atom stereocenters. The second kappa shape index (κ2) is 8.08. The van der Waals surface area contributed by atoms with E-state index in [2.05, 4.69) is 38.7 Å². The zero-order valence-corrected chi connectivity index (χ0v) is 15.7. The molecule has 0 saturated carbocycles. The number of aromatic amines is 1. The van der Waals surface area contributed by atoms with Crippen molar-refractivity contribution in [1.82, 2.24) is 35.2 Å². The summed E-state index contributed by atoms with van der Waals surface area (Å²) in [6, 6.07) is -0.0484. The van der Waals surface area contributed by atoms with Gasteiger partial charge in [-0.15, -0.1) is 0 Å². The van der Waals surface area contributed by atoms with Crippen molar-refractivity contribution in [3.8, 4) is 0 Å². The number of nitrogens with zero attached hydrogens (tertiary/aromatic N) is 5. The minimum atomic E-state index is -0.0484. The molecule has 2 aliphatic heterocycles. The Morgan fingerprint density at radius 2 is 2.22 bits per heavy atom. The Bertz CT molecular complexity index is 757. The summed E-state index contributed by atoms with van der Waals surface area (Å²) in [4.78, 5) is 18.8.